The van der Waals surface area contributed by atoms with Crippen LogP contribution in [-0.4, -0.2) is 33.9 Å². The minimum Gasteiger partial charge on any atom is -0.478 e. The molecule has 11 heteroatoms. The van der Waals surface area contributed by atoms with Crippen molar-refractivity contribution in [2.24, 2.45) is 0 Å². The van der Waals surface area contributed by atoms with Crippen LogP contribution in [0.1, 0.15) is 17.3 Å². The first-order chi connectivity index (χ1) is 12.8. The highest BCUT2D eigenvalue weighted by atomic mass is 35.5. The zero-order chi connectivity index (χ0) is 21.3. The zero-order valence-corrected chi connectivity index (χ0v) is 15.7. The van der Waals surface area contributed by atoms with Gasteiger partial charge in [-0.25, -0.2) is 4.79 Å². The Morgan fingerprint density at radius 2 is 1.71 bits per heavy atom. The van der Waals surface area contributed by atoms with Crippen molar-refractivity contribution in [3.8, 4) is 0 Å². The van der Waals surface area contributed by atoms with Crippen molar-refractivity contribution >= 4 is 46.6 Å². The Hall–Kier alpha value is -2.43. The highest BCUT2D eigenvalue weighted by molar-refractivity contribution is 7.99. The van der Waals surface area contributed by atoms with Crippen molar-refractivity contribution in [1.82, 2.24) is 0 Å². The molecule has 1 amide bonds. The number of nitrogen functional groups attached to an aromatic ring is 1. The summed E-state index contributed by atoms with van der Waals surface area (Å²) in [7, 11) is 0. The molecule has 150 valence electrons. The van der Waals surface area contributed by atoms with Crippen LogP contribution in [-0.2, 0) is 4.79 Å². The number of rotatable bonds is 5. The first-order valence-electron chi connectivity index (χ1n) is 7.53. The van der Waals surface area contributed by atoms with E-state index in [9.17, 15) is 27.9 Å². The Bertz CT molecular complexity index is 935. The van der Waals surface area contributed by atoms with Crippen LogP contribution in [0.25, 0.3) is 0 Å². The van der Waals surface area contributed by atoms with Crippen molar-refractivity contribution in [2.45, 2.75) is 28.5 Å². The van der Waals surface area contributed by atoms with Gasteiger partial charge in [0.25, 0.3) is 5.91 Å². The Balaban J connectivity index is 2.20. The predicted molar refractivity (Wildman–Crippen MR) is 98.7 cm³/mol. The summed E-state index contributed by atoms with van der Waals surface area (Å²) in [5, 5.41) is 20.3. The lowest BCUT2D eigenvalue weighted by molar-refractivity contribution is -0.242. The molecule has 0 bridgehead atoms. The van der Waals surface area contributed by atoms with Crippen LogP contribution in [0.5, 0.6) is 0 Å². The molecule has 6 nitrogen and oxygen atoms in total. The van der Waals surface area contributed by atoms with Crippen molar-refractivity contribution in [2.75, 3.05) is 11.1 Å². The maximum atomic E-state index is 12.7. The molecule has 0 unspecified atom stereocenters. The number of carbonyl (C=O) groups excluding carboxylic acids is 1. The number of anilines is 2. The lowest BCUT2D eigenvalue weighted by atomic mass is 10.1. The Kier molecular flexibility index (Phi) is 6.17. The number of carbonyl (C=O) groups is 2. The number of carboxylic acid groups (broad SMARTS) is 1. The quantitative estimate of drug-likeness (QED) is 0.529. The van der Waals surface area contributed by atoms with E-state index in [1.807, 2.05) is 5.32 Å². The number of nitrogens with one attached hydrogen (secondary N) is 1. The summed E-state index contributed by atoms with van der Waals surface area (Å²) in [6, 6.07) is 8.50. The third kappa shape index (κ3) is 4.70. The average molecular weight is 435 g/mol. The van der Waals surface area contributed by atoms with Gasteiger partial charge in [0, 0.05) is 15.5 Å². The number of benzene rings is 2. The van der Waals surface area contributed by atoms with Gasteiger partial charge in [-0.3, -0.25) is 4.79 Å². The van der Waals surface area contributed by atoms with E-state index in [1.165, 1.54) is 30.3 Å². The number of nitrogens with two attached hydrogens (primary N) is 1. The van der Waals surface area contributed by atoms with Gasteiger partial charge in [-0.05, 0) is 43.3 Å². The number of hydrogen-bond donors (Lipinski definition) is 4. The molecule has 0 aliphatic carbocycles. The maximum Gasteiger partial charge on any atom is 0.426 e. The number of alkyl halides is 3. The van der Waals surface area contributed by atoms with Gasteiger partial charge in [-0.1, -0.05) is 23.4 Å². The fraction of sp³-hybridized carbons (Fsp3) is 0.176. The van der Waals surface area contributed by atoms with Crippen LogP contribution in [0.15, 0.2) is 46.2 Å². The minimum absolute atomic E-state index is 0.0646. The van der Waals surface area contributed by atoms with Crippen LogP contribution in [0.3, 0.4) is 0 Å². The van der Waals surface area contributed by atoms with Crippen LogP contribution < -0.4 is 11.1 Å². The van der Waals surface area contributed by atoms with E-state index in [2.05, 4.69) is 0 Å². The average Bonchev–Trinajstić information content (AvgIpc) is 2.57. The van der Waals surface area contributed by atoms with Gasteiger partial charge in [-0.15, -0.1) is 0 Å². The predicted octanol–water partition coefficient (Wildman–Crippen LogP) is 4.02. The number of aromatic carboxylic acids is 1. The number of carboxylic acids is 1. The van der Waals surface area contributed by atoms with Crippen LogP contribution in [0.4, 0.5) is 24.5 Å². The molecule has 2 aromatic rings. The molecule has 2 rings (SSSR count). The Labute approximate surface area is 166 Å². The highest BCUT2D eigenvalue weighted by Crippen LogP contribution is 2.35. The first-order valence-corrected chi connectivity index (χ1v) is 8.73. The molecule has 0 spiro atoms. The third-order valence-electron chi connectivity index (χ3n) is 3.67. The Morgan fingerprint density at radius 3 is 2.25 bits per heavy atom. The van der Waals surface area contributed by atoms with Crippen LogP contribution in [0.2, 0.25) is 5.02 Å². The molecular weight excluding hydrogens is 421 g/mol. The minimum atomic E-state index is -5.16. The molecule has 0 saturated heterocycles. The van der Waals surface area contributed by atoms with E-state index in [1.54, 1.807) is 6.07 Å². The lowest BCUT2D eigenvalue weighted by Crippen LogP contribution is -2.52. The van der Waals surface area contributed by atoms with Crippen LogP contribution >= 0.6 is 23.4 Å². The summed E-state index contributed by atoms with van der Waals surface area (Å²) >= 11 is 7.14. The largest absolute Gasteiger partial charge is 0.478 e. The molecule has 5 N–H and O–H groups in total. The summed E-state index contributed by atoms with van der Waals surface area (Å²) in [5.74, 6) is -2.86. The molecule has 0 heterocycles. The van der Waals surface area contributed by atoms with E-state index < -0.39 is 23.7 Å². The SMILES string of the molecule is C[C@@](O)(C(=O)Nc1ccc(Sc2ccc(N)c(C(=O)O)c2)cc1Cl)C(F)(F)F. The molecule has 2 aromatic carbocycles. The fourth-order valence-electron chi connectivity index (χ4n) is 1.95. The maximum absolute atomic E-state index is 12.7. The molecule has 0 aliphatic rings. The van der Waals surface area contributed by atoms with Crippen molar-refractivity contribution in [3.63, 3.8) is 0 Å². The normalized spacial score (nSPS) is 13.6. The highest BCUT2D eigenvalue weighted by Gasteiger charge is 2.55. The van der Waals surface area contributed by atoms with Gasteiger partial charge >= 0.3 is 12.1 Å². The summed E-state index contributed by atoms with van der Waals surface area (Å²) in [6.07, 6.45) is -5.16. The van der Waals surface area contributed by atoms with Gasteiger partial charge in [0.15, 0.2) is 0 Å². The molecule has 0 fully saturated rings. The summed E-state index contributed by atoms with van der Waals surface area (Å²) in [4.78, 5) is 23.9. The van der Waals surface area contributed by atoms with Crippen molar-refractivity contribution < 1.29 is 33.0 Å². The van der Waals surface area contributed by atoms with E-state index in [0.29, 0.717) is 16.7 Å². The molecule has 0 saturated carbocycles. The molecule has 0 radical (unpaired) electrons. The molecule has 0 aromatic heterocycles. The number of aliphatic hydroxyl groups is 1. The molecule has 1 atom stereocenters. The second kappa shape index (κ2) is 7.90. The summed E-state index contributed by atoms with van der Waals surface area (Å²) in [5.41, 5.74) is 1.91. The van der Waals surface area contributed by atoms with E-state index in [-0.39, 0.29) is 22.0 Å². The fourth-order valence-corrected chi connectivity index (χ4v) is 3.14. The first kappa shape index (κ1) is 21.9. The lowest BCUT2D eigenvalue weighted by Gasteiger charge is -2.25. The van der Waals surface area contributed by atoms with Gasteiger partial charge < -0.3 is 21.3 Å². The number of amides is 1. The summed E-state index contributed by atoms with van der Waals surface area (Å²) < 4.78 is 38.1. The molecule has 0 aliphatic heterocycles. The van der Waals surface area contributed by atoms with Gasteiger partial charge in [0.2, 0.25) is 5.60 Å². The van der Waals surface area contributed by atoms with Crippen LogP contribution in [0, 0.1) is 0 Å². The van der Waals surface area contributed by atoms with Gasteiger partial charge in [-0.2, -0.15) is 13.2 Å². The smallest absolute Gasteiger partial charge is 0.426 e. The Morgan fingerprint density at radius 1 is 1.14 bits per heavy atom. The standard InChI is InChI=1S/C17H14ClF3N2O4S/c1-16(27,17(19,20)21)15(26)23-13-5-3-9(7-11(13)18)28-8-2-4-12(22)10(6-8)14(24)25/h2-7,27H,22H2,1H3,(H,23,26)(H,24,25)/t16-/m1/s1. The van der Waals surface area contributed by atoms with E-state index >= 15 is 0 Å². The summed E-state index contributed by atoms with van der Waals surface area (Å²) in [6.45, 7) is 0.335. The zero-order valence-electron chi connectivity index (χ0n) is 14.2. The molecular formula is C17H14ClF3N2O4S. The van der Waals surface area contributed by atoms with Crippen molar-refractivity contribution in [1.29, 1.82) is 0 Å². The van der Waals surface area contributed by atoms with Gasteiger partial charge in [0.05, 0.1) is 16.3 Å². The number of hydrogen-bond acceptors (Lipinski definition) is 5. The van der Waals surface area contributed by atoms with Gasteiger partial charge in [0.1, 0.15) is 0 Å². The molecule has 28 heavy (non-hydrogen) atoms. The third-order valence-corrected chi connectivity index (χ3v) is 4.97. The second-order valence-corrected chi connectivity index (χ2v) is 7.38. The van der Waals surface area contributed by atoms with Crippen molar-refractivity contribution in [3.05, 3.63) is 47.0 Å². The monoisotopic (exact) mass is 434 g/mol. The topological polar surface area (TPSA) is 113 Å². The number of halogens is 4. The van der Waals surface area contributed by atoms with E-state index in [4.69, 9.17) is 22.4 Å². The second-order valence-electron chi connectivity index (χ2n) is 5.82. The van der Waals surface area contributed by atoms with E-state index in [0.717, 1.165) is 11.8 Å².